The van der Waals surface area contributed by atoms with E-state index in [0.717, 1.165) is 32.5 Å². The van der Waals surface area contributed by atoms with Crippen LogP contribution in [-0.2, 0) is 0 Å². The second kappa shape index (κ2) is 5.51. The lowest BCUT2D eigenvalue weighted by Gasteiger charge is -2.31. The van der Waals surface area contributed by atoms with Gasteiger partial charge < -0.3 is 16.0 Å². The largest absolute Gasteiger partial charge is 0.382 e. The third-order valence-corrected chi connectivity index (χ3v) is 3.56. The Kier molecular flexibility index (Phi) is 4.02. The third kappa shape index (κ3) is 2.98. The van der Waals surface area contributed by atoms with Gasteiger partial charge in [-0.3, -0.25) is 0 Å². The highest BCUT2D eigenvalue weighted by Crippen LogP contribution is 2.25. The van der Waals surface area contributed by atoms with Crippen LogP contribution in [0.2, 0.25) is 5.02 Å². The van der Waals surface area contributed by atoms with Crippen LogP contribution in [0.1, 0.15) is 19.8 Å². The van der Waals surface area contributed by atoms with E-state index in [0.29, 0.717) is 22.7 Å². The molecule has 5 nitrogen and oxygen atoms in total. The molecule has 2 heterocycles. The fourth-order valence-electron chi connectivity index (χ4n) is 2.07. The number of hydrogen-bond donors (Lipinski definition) is 2. The maximum Gasteiger partial charge on any atom is 0.150 e. The lowest BCUT2D eigenvalue weighted by atomic mass is 10.1. The van der Waals surface area contributed by atoms with Crippen LogP contribution in [0.5, 0.6) is 0 Å². The average Bonchev–Trinajstić information content (AvgIpc) is 2.36. The molecule has 0 amide bonds. The van der Waals surface area contributed by atoms with Gasteiger partial charge in [-0.25, -0.2) is 9.97 Å². The van der Waals surface area contributed by atoms with Gasteiger partial charge >= 0.3 is 0 Å². The van der Waals surface area contributed by atoms with Gasteiger partial charge in [0.1, 0.15) is 17.2 Å². The molecule has 0 radical (unpaired) electrons. The molecule has 1 aromatic rings. The zero-order chi connectivity index (χ0) is 12.3. The van der Waals surface area contributed by atoms with E-state index < -0.39 is 0 Å². The van der Waals surface area contributed by atoms with Crippen molar-refractivity contribution in [2.24, 2.45) is 0 Å². The number of aromatic nitrogens is 2. The summed E-state index contributed by atoms with van der Waals surface area (Å²) in [6, 6.07) is 0.421. The molecule has 1 aromatic heterocycles. The summed E-state index contributed by atoms with van der Waals surface area (Å²) in [7, 11) is 0. The lowest BCUT2D eigenvalue weighted by Crippen LogP contribution is -2.39. The van der Waals surface area contributed by atoms with Gasteiger partial charge in [0, 0.05) is 19.1 Å². The van der Waals surface area contributed by atoms with Crippen LogP contribution in [-0.4, -0.2) is 40.5 Å². The molecular formula is C11H18ClN5. The first-order valence-corrected chi connectivity index (χ1v) is 6.33. The number of likely N-dealkylation sites (tertiary alicyclic amines) is 1. The van der Waals surface area contributed by atoms with E-state index >= 15 is 0 Å². The van der Waals surface area contributed by atoms with Crippen molar-refractivity contribution in [1.82, 2.24) is 14.9 Å². The molecule has 0 spiro atoms. The second-order valence-electron chi connectivity index (χ2n) is 4.27. The predicted molar refractivity (Wildman–Crippen MR) is 70.2 cm³/mol. The first kappa shape index (κ1) is 12.4. The Morgan fingerprint density at radius 3 is 2.82 bits per heavy atom. The standard InChI is InChI=1S/C11H18ClN5/c1-2-17-5-3-8(4-6-17)16-11-9(12)10(13)14-7-15-11/h7-8H,2-6H2,1H3,(H3,13,14,15,16). The van der Waals surface area contributed by atoms with Crippen molar-refractivity contribution in [2.75, 3.05) is 30.7 Å². The van der Waals surface area contributed by atoms with Crippen LogP contribution in [0.4, 0.5) is 11.6 Å². The molecule has 1 aliphatic rings. The maximum atomic E-state index is 6.05. The Labute approximate surface area is 106 Å². The van der Waals surface area contributed by atoms with Gasteiger partial charge in [-0.1, -0.05) is 18.5 Å². The lowest BCUT2D eigenvalue weighted by molar-refractivity contribution is 0.229. The monoisotopic (exact) mass is 255 g/mol. The molecule has 2 rings (SSSR count). The normalized spacial score (nSPS) is 18.2. The molecule has 0 aromatic carbocycles. The van der Waals surface area contributed by atoms with Crippen molar-refractivity contribution >= 4 is 23.2 Å². The molecule has 0 bridgehead atoms. The zero-order valence-electron chi connectivity index (χ0n) is 9.99. The molecule has 0 aliphatic carbocycles. The molecule has 17 heavy (non-hydrogen) atoms. The van der Waals surface area contributed by atoms with E-state index in [1.165, 1.54) is 6.33 Å². The van der Waals surface area contributed by atoms with Crippen molar-refractivity contribution in [3.8, 4) is 0 Å². The van der Waals surface area contributed by atoms with Crippen molar-refractivity contribution in [2.45, 2.75) is 25.8 Å². The fraction of sp³-hybridized carbons (Fsp3) is 0.636. The molecule has 1 saturated heterocycles. The number of halogens is 1. The fourth-order valence-corrected chi connectivity index (χ4v) is 2.22. The molecule has 1 aliphatic heterocycles. The van der Waals surface area contributed by atoms with E-state index in [9.17, 15) is 0 Å². The number of nitrogen functional groups attached to an aromatic ring is 1. The van der Waals surface area contributed by atoms with Crippen LogP contribution in [0.25, 0.3) is 0 Å². The highest BCUT2D eigenvalue weighted by Gasteiger charge is 2.19. The number of anilines is 2. The minimum atomic E-state index is 0.329. The molecule has 0 atom stereocenters. The summed E-state index contributed by atoms with van der Waals surface area (Å²) in [6.07, 6.45) is 3.65. The minimum Gasteiger partial charge on any atom is -0.382 e. The Morgan fingerprint density at radius 2 is 2.18 bits per heavy atom. The van der Waals surface area contributed by atoms with E-state index in [1.807, 2.05) is 0 Å². The number of hydrogen-bond acceptors (Lipinski definition) is 5. The van der Waals surface area contributed by atoms with Crippen molar-refractivity contribution in [3.05, 3.63) is 11.3 Å². The number of rotatable bonds is 3. The van der Waals surface area contributed by atoms with E-state index in [4.69, 9.17) is 17.3 Å². The van der Waals surface area contributed by atoms with Crippen LogP contribution >= 0.6 is 11.6 Å². The molecule has 3 N–H and O–H groups in total. The molecule has 94 valence electrons. The SMILES string of the molecule is CCN1CCC(Nc2ncnc(N)c2Cl)CC1. The van der Waals surface area contributed by atoms with Crippen molar-refractivity contribution < 1.29 is 0 Å². The van der Waals surface area contributed by atoms with Gasteiger partial charge in [0.05, 0.1) is 0 Å². The van der Waals surface area contributed by atoms with Crippen LogP contribution in [0.15, 0.2) is 6.33 Å². The second-order valence-corrected chi connectivity index (χ2v) is 4.65. The summed E-state index contributed by atoms with van der Waals surface area (Å²) >= 11 is 6.05. The molecule has 6 heteroatoms. The number of nitrogens with zero attached hydrogens (tertiary/aromatic N) is 3. The highest BCUT2D eigenvalue weighted by atomic mass is 35.5. The van der Waals surface area contributed by atoms with Crippen molar-refractivity contribution in [3.63, 3.8) is 0 Å². The van der Waals surface area contributed by atoms with E-state index in [2.05, 4.69) is 27.1 Å². The Morgan fingerprint density at radius 1 is 1.47 bits per heavy atom. The molecule has 1 fully saturated rings. The van der Waals surface area contributed by atoms with Gasteiger partial charge in [-0.15, -0.1) is 0 Å². The van der Waals surface area contributed by atoms with Crippen LogP contribution in [0.3, 0.4) is 0 Å². The maximum absolute atomic E-state index is 6.05. The van der Waals surface area contributed by atoms with Crippen molar-refractivity contribution in [1.29, 1.82) is 0 Å². The molecule has 0 unspecified atom stereocenters. The van der Waals surface area contributed by atoms with E-state index in [-0.39, 0.29) is 0 Å². The summed E-state index contributed by atoms with van der Waals surface area (Å²) in [5.74, 6) is 0.976. The summed E-state index contributed by atoms with van der Waals surface area (Å²) < 4.78 is 0. The smallest absolute Gasteiger partial charge is 0.150 e. The summed E-state index contributed by atoms with van der Waals surface area (Å²) in [6.45, 7) is 5.54. The zero-order valence-corrected chi connectivity index (χ0v) is 10.7. The summed E-state index contributed by atoms with van der Waals surface area (Å²) in [5.41, 5.74) is 5.64. The van der Waals surface area contributed by atoms with Gasteiger partial charge in [0.2, 0.25) is 0 Å². The quantitative estimate of drug-likeness (QED) is 0.859. The van der Waals surface area contributed by atoms with Gasteiger partial charge in [-0.2, -0.15) is 0 Å². The average molecular weight is 256 g/mol. The number of piperidine rings is 1. The molecular weight excluding hydrogens is 238 g/mol. The Bertz CT molecular complexity index is 376. The van der Waals surface area contributed by atoms with Gasteiger partial charge in [0.15, 0.2) is 5.82 Å². The van der Waals surface area contributed by atoms with Gasteiger partial charge in [-0.05, 0) is 19.4 Å². The number of nitrogens with one attached hydrogen (secondary N) is 1. The van der Waals surface area contributed by atoms with Crippen LogP contribution in [0, 0.1) is 0 Å². The Balaban J connectivity index is 1.95. The van der Waals surface area contributed by atoms with E-state index in [1.54, 1.807) is 0 Å². The van der Waals surface area contributed by atoms with Gasteiger partial charge in [0.25, 0.3) is 0 Å². The van der Waals surface area contributed by atoms with Crippen LogP contribution < -0.4 is 11.1 Å². The third-order valence-electron chi connectivity index (χ3n) is 3.19. The molecule has 0 saturated carbocycles. The highest BCUT2D eigenvalue weighted by molar-refractivity contribution is 6.35. The first-order valence-electron chi connectivity index (χ1n) is 5.95. The minimum absolute atomic E-state index is 0.329. The Hall–Kier alpha value is -1.07. The topological polar surface area (TPSA) is 67.1 Å². The summed E-state index contributed by atoms with van der Waals surface area (Å²) in [4.78, 5) is 10.4. The first-order chi connectivity index (χ1) is 8.20. The number of nitrogens with two attached hydrogens (primary N) is 1. The predicted octanol–water partition coefficient (Wildman–Crippen LogP) is 1.61. The summed E-state index contributed by atoms with van der Waals surface area (Å²) in [5, 5.41) is 3.77.